The van der Waals surface area contributed by atoms with Crippen molar-refractivity contribution in [3.8, 4) is 0 Å². The summed E-state index contributed by atoms with van der Waals surface area (Å²) in [5.74, 6) is 2.07. The first-order chi connectivity index (χ1) is 15.2. The summed E-state index contributed by atoms with van der Waals surface area (Å²) in [6, 6.07) is 11.5. The van der Waals surface area contributed by atoms with Crippen LogP contribution in [0.25, 0.3) is 0 Å². The second-order valence-electron chi connectivity index (χ2n) is 10.4. The van der Waals surface area contributed by atoms with Gasteiger partial charge in [-0.05, 0) is 70.7 Å². The Labute approximate surface area is 191 Å². The maximum Gasteiger partial charge on any atom is 0.223 e. The van der Waals surface area contributed by atoms with Crippen molar-refractivity contribution in [3.63, 3.8) is 0 Å². The number of aromatic nitrogens is 2. The lowest BCUT2D eigenvalue weighted by atomic mass is 9.74. The number of ether oxygens (including phenoxy) is 1. The molecule has 2 N–H and O–H groups in total. The Morgan fingerprint density at radius 2 is 1.88 bits per heavy atom. The maximum atomic E-state index is 13.2. The molecule has 7 nitrogen and oxygen atoms in total. The zero-order chi connectivity index (χ0) is 22.8. The minimum Gasteiger partial charge on any atom is -0.368 e. The van der Waals surface area contributed by atoms with E-state index in [0.29, 0.717) is 37.9 Å². The number of carbonyl (C=O) groups is 1. The van der Waals surface area contributed by atoms with Crippen LogP contribution in [0.15, 0.2) is 42.6 Å². The number of nitrogens with one attached hydrogen (secondary N) is 2. The molecule has 2 saturated heterocycles. The maximum absolute atomic E-state index is 13.2. The van der Waals surface area contributed by atoms with Crippen LogP contribution in [0.5, 0.6) is 0 Å². The SMILES string of the molecule is CC1(C)CC(CC(=O)N2CCO[C@@H](c3cccc(Nc4ccccn4)n3)C2)CC(C)(C)N1. The molecular weight excluding hydrogens is 402 g/mol. The van der Waals surface area contributed by atoms with Crippen molar-refractivity contribution in [3.05, 3.63) is 48.3 Å². The van der Waals surface area contributed by atoms with Crippen LogP contribution in [0.2, 0.25) is 0 Å². The topological polar surface area (TPSA) is 79.4 Å². The quantitative estimate of drug-likeness (QED) is 0.734. The summed E-state index contributed by atoms with van der Waals surface area (Å²) in [4.78, 5) is 24.1. The monoisotopic (exact) mass is 437 g/mol. The third kappa shape index (κ3) is 5.84. The van der Waals surface area contributed by atoms with E-state index in [9.17, 15) is 4.79 Å². The molecule has 0 spiro atoms. The van der Waals surface area contributed by atoms with Crippen molar-refractivity contribution in [2.45, 2.75) is 64.1 Å². The van der Waals surface area contributed by atoms with Crippen LogP contribution in [0.4, 0.5) is 11.6 Å². The van der Waals surface area contributed by atoms with Gasteiger partial charge in [-0.3, -0.25) is 4.79 Å². The lowest BCUT2D eigenvalue weighted by molar-refractivity contribution is -0.140. The van der Waals surface area contributed by atoms with Gasteiger partial charge in [0.25, 0.3) is 0 Å². The average molecular weight is 438 g/mol. The van der Waals surface area contributed by atoms with Gasteiger partial charge in [0.15, 0.2) is 0 Å². The Bertz CT molecular complexity index is 915. The third-order valence-corrected chi connectivity index (χ3v) is 6.18. The standard InChI is InChI=1S/C25H35N5O2/c1-24(2)15-18(16-25(3,4)29-24)14-23(31)30-12-13-32-20(17-30)19-8-7-10-22(27-19)28-21-9-5-6-11-26-21/h5-11,18,20,29H,12-17H2,1-4H3,(H,26,27,28)/t20-/m1/s1. The lowest BCUT2D eigenvalue weighted by Crippen LogP contribution is -2.58. The molecule has 172 valence electrons. The molecule has 0 saturated carbocycles. The molecular formula is C25H35N5O2. The molecule has 2 aliphatic heterocycles. The highest BCUT2D eigenvalue weighted by Crippen LogP contribution is 2.35. The predicted octanol–water partition coefficient (Wildman–Crippen LogP) is 4.07. The van der Waals surface area contributed by atoms with E-state index in [1.54, 1.807) is 6.20 Å². The normalized spacial score (nSPS) is 23.0. The fourth-order valence-corrected chi connectivity index (χ4v) is 5.38. The minimum absolute atomic E-state index is 0.0468. The van der Waals surface area contributed by atoms with Crippen LogP contribution < -0.4 is 10.6 Å². The number of morpholine rings is 1. The molecule has 0 aliphatic carbocycles. The number of carbonyl (C=O) groups excluding carboxylic acids is 1. The molecule has 0 unspecified atom stereocenters. The Hall–Kier alpha value is -2.51. The van der Waals surface area contributed by atoms with E-state index in [1.807, 2.05) is 41.3 Å². The third-order valence-electron chi connectivity index (χ3n) is 6.18. The minimum atomic E-state index is -0.223. The van der Waals surface area contributed by atoms with Crippen LogP contribution in [0.3, 0.4) is 0 Å². The number of rotatable bonds is 5. The predicted molar refractivity (Wildman–Crippen MR) is 126 cm³/mol. The molecule has 2 fully saturated rings. The van der Waals surface area contributed by atoms with E-state index in [4.69, 9.17) is 9.72 Å². The summed E-state index contributed by atoms with van der Waals surface area (Å²) in [5.41, 5.74) is 0.920. The lowest BCUT2D eigenvalue weighted by Gasteiger charge is -2.47. The second kappa shape index (κ2) is 9.16. The first kappa shape index (κ1) is 22.7. The molecule has 4 rings (SSSR count). The summed E-state index contributed by atoms with van der Waals surface area (Å²) >= 11 is 0. The van der Waals surface area contributed by atoms with Crippen molar-refractivity contribution < 1.29 is 9.53 Å². The van der Waals surface area contributed by atoms with E-state index >= 15 is 0 Å². The van der Waals surface area contributed by atoms with E-state index in [-0.39, 0.29) is 23.1 Å². The zero-order valence-corrected chi connectivity index (χ0v) is 19.6. The van der Waals surface area contributed by atoms with E-state index < -0.39 is 0 Å². The smallest absolute Gasteiger partial charge is 0.223 e. The van der Waals surface area contributed by atoms with Gasteiger partial charge in [0, 0.05) is 30.2 Å². The first-order valence-corrected chi connectivity index (χ1v) is 11.5. The summed E-state index contributed by atoms with van der Waals surface area (Å²) in [7, 11) is 0. The number of anilines is 2. The van der Waals surface area contributed by atoms with E-state index in [1.165, 1.54) is 0 Å². The van der Waals surface area contributed by atoms with E-state index in [0.717, 1.165) is 24.4 Å². The number of amides is 1. The van der Waals surface area contributed by atoms with Gasteiger partial charge in [-0.2, -0.15) is 0 Å². The average Bonchev–Trinajstić information content (AvgIpc) is 2.72. The molecule has 0 bridgehead atoms. The van der Waals surface area contributed by atoms with Gasteiger partial charge < -0.3 is 20.3 Å². The number of hydrogen-bond donors (Lipinski definition) is 2. The second-order valence-corrected chi connectivity index (χ2v) is 10.4. The zero-order valence-electron chi connectivity index (χ0n) is 19.6. The van der Waals surface area contributed by atoms with Crippen molar-refractivity contribution in [2.24, 2.45) is 5.92 Å². The van der Waals surface area contributed by atoms with Crippen molar-refractivity contribution in [2.75, 3.05) is 25.0 Å². The van der Waals surface area contributed by atoms with Crippen LogP contribution in [-0.2, 0) is 9.53 Å². The van der Waals surface area contributed by atoms with Crippen LogP contribution >= 0.6 is 0 Å². The Kier molecular flexibility index (Phi) is 6.49. The highest BCUT2D eigenvalue weighted by molar-refractivity contribution is 5.76. The van der Waals surface area contributed by atoms with Crippen LogP contribution in [0, 0.1) is 5.92 Å². The van der Waals surface area contributed by atoms with Crippen molar-refractivity contribution in [1.29, 1.82) is 0 Å². The Balaban J connectivity index is 1.39. The first-order valence-electron chi connectivity index (χ1n) is 11.5. The number of pyridine rings is 2. The molecule has 2 aliphatic rings. The summed E-state index contributed by atoms with van der Waals surface area (Å²) < 4.78 is 6.00. The van der Waals surface area contributed by atoms with Crippen LogP contribution in [-0.4, -0.2) is 51.5 Å². The highest BCUT2D eigenvalue weighted by Gasteiger charge is 2.39. The van der Waals surface area contributed by atoms with Gasteiger partial charge in [-0.1, -0.05) is 12.1 Å². The van der Waals surface area contributed by atoms with Gasteiger partial charge in [-0.25, -0.2) is 9.97 Å². The fraction of sp³-hybridized carbons (Fsp3) is 0.560. The molecule has 2 aromatic rings. The van der Waals surface area contributed by atoms with Crippen LogP contribution in [0.1, 0.15) is 58.8 Å². The molecule has 4 heterocycles. The molecule has 1 amide bonds. The molecule has 0 radical (unpaired) electrons. The van der Waals surface area contributed by atoms with Crippen molar-refractivity contribution in [1.82, 2.24) is 20.2 Å². The Morgan fingerprint density at radius 3 is 2.59 bits per heavy atom. The molecule has 2 aromatic heterocycles. The summed E-state index contributed by atoms with van der Waals surface area (Å²) in [6.07, 6.45) is 4.14. The summed E-state index contributed by atoms with van der Waals surface area (Å²) in [5, 5.41) is 6.92. The van der Waals surface area contributed by atoms with Crippen molar-refractivity contribution >= 4 is 17.5 Å². The number of hydrogen-bond acceptors (Lipinski definition) is 6. The summed E-state index contributed by atoms with van der Waals surface area (Å²) in [6.45, 7) is 10.6. The van der Waals surface area contributed by atoms with E-state index in [2.05, 4.69) is 43.3 Å². The number of piperidine rings is 1. The van der Waals surface area contributed by atoms with Gasteiger partial charge in [0.05, 0.1) is 18.8 Å². The highest BCUT2D eigenvalue weighted by atomic mass is 16.5. The number of nitrogens with zero attached hydrogens (tertiary/aromatic N) is 3. The molecule has 1 atom stereocenters. The Morgan fingerprint density at radius 1 is 1.12 bits per heavy atom. The van der Waals surface area contributed by atoms with Gasteiger partial charge >= 0.3 is 0 Å². The molecule has 32 heavy (non-hydrogen) atoms. The van der Waals surface area contributed by atoms with Gasteiger partial charge in [-0.15, -0.1) is 0 Å². The largest absolute Gasteiger partial charge is 0.368 e. The molecule has 7 heteroatoms. The van der Waals surface area contributed by atoms with Gasteiger partial charge in [0.2, 0.25) is 5.91 Å². The fourth-order valence-electron chi connectivity index (χ4n) is 5.38. The van der Waals surface area contributed by atoms with Gasteiger partial charge in [0.1, 0.15) is 17.7 Å². The molecule has 0 aromatic carbocycles.